The minimum Gasteiger partial charge on any atom is -0.454 e. The number of aromatic nitrogens is 1. The van der Waals surface area contributed by atoms with Crippen LogP contribution in [0.2, 0.25) is 0 Å². The topological polar surface area (TPSA) is 60.9 Å². The molecule has 1 aromatic heterocycles. The lowest BCUT2D eigenvalue weighted by Crippen LogP contribution is -2.46. The van der Waals surface area contributed by atoms with Gasteiger partial charge < -0.3 is 19.1 Å². The number of piperidine rings is 1. The molecule has 1 atom stereocenters. The summed E-state index contributed by atoms with van der Waals surface area (Å²) in [6.07, 6.45) is 2.97. The Kier molecular flexibility index (Phi) is 5.22. The highest BCUT2D eigenvalue weighted by atomic mass is 16.7. The van der Waals surface area contributed by atoms with E-state index < -0.39 is 0 Å². The molecule has 1 saturated heterocycles. The van der Waals surface area contributed by atoms with Crippen molar-refractivity contribution in [2.24, 2.45) is 5.41 Å². The molecule has 6 nitrogen and oxygen atoms in total. The summed E-state index contributed by atoms with van der Waals surface area (Å²) in [4.78, 5) is 19.4. The molecule has 1 amide bonds. The van der Waals surface area contributed by atoms with Crippen molar-refractivity contribution in [1.82, 2.24) is 9.88 Å². The summed E-state index contributed by atoms with van der Waals surface area (Å²) in [6, 6.07) is 11.6. The predicted molar refractivity (Wildman–Crippen MR) is 104 cm³/mol. The van der Waals surface area contributed by atoms with Crippen LogP contribution in [0, 0.1) is 5.41 Å². The van der Waals surface area contributed by atoms with E-state index >= 15 is 0 Å². The normalized spacial score (nSPS) is 21.0. The number of rotatable bonds is 5. The van der Waals surface area contributed by atoms with Crippen LogP contribution in [0.3, 0.4) is 0 Å². The zero-order valence-electron chi connectivity index (χ0n) is 16.4. The van der Waals surface area contributed by atoms with Gasteiger partial charge in [0.1, 0.15) is 5.69 Å². The van der Waals surface area contributed by atoms with Crippen LogP contribution < -0.4 is 9.47 Å². The molecule has 28 heavy (non-hydrogen) atoms. The molecular formula is C22H26N2O4. The molecular weight excluding hydrogens is 356 g/mol. The van der Waals surface area contributed by atoms with Gasteiger partial charge in [0.15, 0.2) is 11.5 Å². The molecule has 4 rings (SSSR count). The van der Waals surface area contributed by atoms with Gasteiger partial charge in [-0.1, -0.05) is 19.1 Å². The third kappa shape index (κ3) is 3.97. The molecule has 1 fully saturated rings. The number of ether oxygens (including phenoxy) is 3. The van der Waals surface area contributed by atoms with E-state index in [2.05, 4.69) is 24.0 Å². The number of carbonyl (C=O) groups is 1. The summed E-state index contributed by atoms with van der Waals surface area (Å²) in [5, 5.41) is 0. The van der Waals surface area contributed by atoms with E-state index in [1.807, 2.05) is 23.1 Å². The monoisotopic (exact) mass is 382 g/mol. The van der Waals surface area contributed by atoms with Crippen molar-refractivity contribution >= 4 is 5.91 Å². The molecule has 0 saturated carbocycles. The van der Waals surface area contributed by atoms with Crippen molar-refractivity contribution in [3.8, 4) is 11.5 Å². The van der Waals surface area contributed by atoms with Crippen molar-refractivity contribution in [1.29, 1.82) is 0 Å². The number of likely N-dealkylation sites (tertiary alicyclic amines) is 1. The molecule has 6 heteroatoms. The molecule has 0 spiro atoms. The van der Waals surface area contributed by atoms with Gasteiger partial charge in [-0.2, -0.15) is 0 Å². The van der Waals surface area contributed by atoms with Gasteiger partial charge in [-0.3, -0.25) is 4.79 Å². The number of nitrogens with zero attached hydrogens (tertiary/aromatic N) is 2. The molecule has 148 valence electrons. The van der Waals surface area contributed by atoms with Crippen LogP contribution in [0.4, 0.5) is 0 Å². The number of methoxy groups -OCH3 is 1. The molecule has 0 bridgehead atoms. The highest BCUT2D eigenvalue weighted by Crippen LogP contribution is 2.37. The Morgan fingerprint density at radius 3 is 2.96 bits per heavy atom. The molecule has 0 N–H and O–H groups in total. The van der Waals surface area contributed by atoms with Gasteiger partial charge >= 0.3 is 0 Å². The fraction of sp³-hybridized carbons (Fsp3) is 0.455. The number of amides is 1. The third-order valence-electron chi connectivity index (χ3n) is 5.45. The van der Waals surface area contributed by atoms with Crippen LogP contribution >= 0.6 is 0 Å². The lowest BCUT2D eigenvalue weighted by Gasteiger charge is -2.40. The van der Waals surface area contributed by atoms with Crippen LogP contribution in [0.15, 0.2) is 36.4 Å². The molecule has 0 radical (unpaired) electrons. The maximum atomic E-state index is 13.0. The van der Waals surface area contributed by atoms with E-state index in [4.69, 9.17) is 14.2 Å². The number of pyridine rings is 1. The van der Waals surface area contributed by atoms with Crippen molar-refractivity contribution in [2.45, 2.75) is 32.8 Å². The summed E-state index contributed by atoms with van der Waals surface area (Å²) in [6.45, 7) is 4.43. The number of benzene rings is 1. The molecule has 0 aliphatic carbocycles. The first-order valence-electron chi connectivity index (χ1n) is 9.69. The smallest absolute Gasteiger partial charge is 0.272 e. The summed E-state index contributed by atoms with van der Waals surface area (Å²) in [5.41, 5.74) is 2.49. The summed E-state index contributed by atoms with van der Waals surface area (Å²) in [5.74, 6) is 1.61. The molecule has 3 heterocycles. The quantitative estimate of drug-likeness (QED) is 0.793. The fourth-order valence-electron chi connectivity index (χ4n) is 4.17. The maximum absolute atomic E-state index is 13.0. The first-order chi connectivity index (χ1) is 13.6. The second-order valence-electron chi connectivity index (χ2n) is 7.95. The zero-order valence-corrected chi connectivity index (χ0v) is 16.4. The van der Waals surface area contributed by atoms with Gasteiger partial charge in [-0.15, -0.1) is 0 Å². The van der Waals surface area contributed by atoms with Gasteiger partial charge in [-0.05, 0) is 54.5 Å². The van der Waals surface area contributed by atoms with Crippen molar-refractivity contribution in [3.63, 3.8) is 0 Å². The van der Waals surface area contributed by atoms with E-state index in [-0.39, 0.29) is 18.1 Å². The van der Waals surface area contributed by atoms with Crippen LogP contribution in [-0.2, 0) is 17.8 Å². The van der Waals surface area contributed by atoms with E-state index in [0.717, 1.165) is 49.5 Å². The second-order valence-corrected chi connectivity index (χ2v) is 7.95. The average Bonchev–Trinajstić information content (AvgIpc) is 3.15. The molecule has 0 unspecified atom stereocenters. The Bertz CT molecular complexity index is 869. The Morgan fingerprint density at radius 2 is 2.11 bits per heavy atom. The van der Waals surface area contributed by atoms with Crippen LogP contribution in [-0.4, -0.2) is 42.8 Å². The van der Waals surface area contributed by atoms with Crippen molar-refractivity contribution in [3.05, 3.63) is 53.3 Å². The Balaban J connectivity index is 1.47. The van der Waals surface area contributed by atoms with Gasteiger partial charge in [-0.25, -0.2) is 4.98 Å². The molecule has 1 aromatic carbocycles. The van der Waals surface area contributed by atoms with E-state index in [1.165, 1.54) is 5.56 Å². The Hall–Kier alpha value is -2.60. The van der Waals surface area contributed by atoms with Gasteiger partial charge in [0.05, 0.1) is 12.3 Å². The highest BCUT2D eigenvalue weighted by Gasteiger charge is 2.34. The standard InChI is InChI=1S/C22H26N2O4/c1-22(12-16-7-8-19-20(11-16)28-15-27-19)9-4-10-24(14-22)21(25)18-6-3-5-17(23-18)13-26-2/h3,5-8,11H,4,9-10,12-15H2,1-2H3/t22-/m1/s1. The van der Waals surface area contributed by atoms with Gasteiger partial charge in [0.2, 0.25) is 6.79 Å². The largest absolute Gasteiger partial charge is 0.454 e. The average molecular weight is 382 g/mol. The first kappa shape index (κ1) is 18.7. The lowest BCUT2D eigenvalue weighted by molar-refractivity contribution is 0.0544. The summed E-state index contributed by atoms with van der Waals surface area (Å²) < 4.78 is 16.0. The molecule has 2 aromatic rings. The highest BCUT2D eigenvalue weighted by molar-refractivity contribution is 5.92. The third-order valence-corrected chi connectivity index (χ3v) is 5.45. The SMILES string of the molecule is COCc1cccc(C(=O)N2CCC[C@](C)(Cc3ccc4c(c3)OCO4)C2)n1. The predicted octanol–water partition coefficient (Wildman–Crippen LogP) is 3.44. The van der Waals surface area contributed by atoms with E-state index in [1.54, 1.807) is 13.2 Å². The molecule has 2 aliphatic heterocycles. The second kappa shape index (κ2) is 7.80. The van der Waals surface area contributed by atoms with Gasteiger partial charge in [0, 0.05) is 20.2 Å². The van der Waals surface area contributed by atoms with Crippen LogP contribution in [0.1, 0.15) is 41.5 Å². The lowest BCUT2D eigenvalue weighted by atomic mass is 9.77. The van der Waals surface area contributed by atoms with Gasteiger partial charge in [0.25, 0.3) is 5.91 Å². The summed E-state index contributed by atoms with van der Waals surface area (Å²) >= 11 is 0. The Morgan fingerprint density at radius 1 is 1.25 bits per heavy atom. The van der Waals surface area contributed by atoms with Crippen molar-refractivity contribution < 1.29 is 19.0 Å². The number of fused-ring (bicyclic) bond motifs is 1. The van der Waals surface area contributed by atoms with Crippen LogP contribution in [0.25, 0.3) is 0 Å². The fourth-order valence-corrected chi connectivity index (χ4v) is 4.17. The number of hydrogen-bond donors (Lipinski definition) is 0. The first-order valence-corrected chi connectivity index (χ1v) is 9.69. The van der Waals surface area contributed by atoms with Crippen molar-refractivity contribution in [2.75, 3.05) is 27.0 Å². The Labute approximate surface area is 165 Å². The minimum atomic E-state index is -0.00503. The number of carbonyl (C=O) groups excluding carboxylic acids is 1. The number of hydrogen-bond acceptors (Lipinski definition) is 5. The minimum absolute atomic E-state index is 0.00503. The maximum Gasteiger partial charge on any atom is 0.272 e. The molecule has 2 aliphatic rings. The van der Waals surface area contributed by atoms with Crippen LogP contribution in [0.5, 0.6) is 11.5 Å². The zero-order chi connectivity index (χ0) is 19.6. The van der Waals surface area contributed by atoms with E-state index in [9.17, 15) is 4.79 Å². The summed E-state index contributed by atoms with van der Waals surface area (Å²) in [7, 11) is 1.63. The van der Waals surface area contributed by atoms with E-state index in [0.29, 0.717) is 12.3 Å².